The molecule has 8 nitrogen and oxygen atoms in total. The Morgan fingerprint density at radius 1 is 1.02 bits per heavy atom. The van der Waals surface area contributed by atoms with Crippen molar-refractivity contribution in [2.24, 2.45) is 9.98 Å². The van der Waals surface area contributed by atoms with E-state index in [0.29, 0.717) is 28.8 Å². The fourth-order valence-corrected chi connectivity index (χ4v) is 6.09. The van der Waals surface area contributed by atoms with Crippen molar-refractivity contribution in [1.82, 2.24) is 14.8 Å². The summed E-state index contributed by atoms with van der Waals surface area (Å²) in [5, 5.41) is 5.11. The topological polar surface area (TPSA) is 85.0 Å². The predicted molar refractivity (Wildman–Crippen MR) is 168 cm³/mol. The van der Waals surface area contributed by atoms with Gasteiger partial charge in [-0.15, -0.1) is 18.3 Å². The molecule has 0 unspecified atom stereocenters. The Morgan fingerprint density at radius 2 is 1.70 bits per heavy atom. The molecule has 1 aromatic heterocycles. The predicted octanol–water partition coefficient (Wildman–Crippen LogP) is 7.88. The molecular weight excluding hydrogens is 589 g/mol. The van der Waals surface area contributed by atoms with Crippen LogP contribution < -0.4 is 9.64 Å². The molecule has 228 valence electrons. The zero-order valence-electron chi connectivity index (χ0n) is 24.7. The Bertz CT molecular complexity index is 1690. The molecular formula is C32H31F3N6O2S. The van der Waals surface area contributed by atoms with E-state index in [-0.39, 0.29) is 5.75 Å². The van der Waals surface area contributed by atoms with Crippen molar-refractivity contribution in [2.45, 2.75) is 46.9 Å². The highest BCUT2D eigenvalue weighted by molar-refractivity contribution is 8.14. The van der Waals surface area contributed by atoms with Gasteiger partial charge >= 0.3 is 12.4 Å². The van der Waals surface area contributed by atoms with Gasteiger partial charge < -0.3 is 9.64 Å². The summed E-state index contributed by atoms with van der Waals surface area (Å²) in [4.78, 5) is 27.9. The number of urea groups is 1. The molecule has 12 heteroatoms. The Morgan fingerprint density at radius 3 is 2.36 bits per heavy atom. The largest absolute Gasteiger partial charge is 0.573 e. The first-order valence-electron chi connectivity index (χ1n) is 14.0. The second-order valence-corrected chi connectivity index (χ2v) is 11.6. The molecule has 0 saturated carbocycles. The number of ether oxygens (including phenoxy) is 1. The number of halogens is 3. The van der Waals surface area contributed by atoms with E-state index in [9.17, 15) is 18.0 Å². The van der Waals surface area contributed by atoms with Crippen molar-refractivity contribution in [3.8, 4) is 22.8 Å². The van der Waals surface area contributed by atoms with Gasteiger partial charge in [-0.05, 0) is 75.1 Å². The molecule has 3 aromatic carbocycles. The molecule has 0 spiro atoms. The van der Waals surface area contributed by atoms with E-state index in [2.05, 4.69) is 62.6 Å². The zero-order valence-corrected chi connectivity index (χ0v) is 25.5. The molecule has 1 aliphatic heterocycles. The molecule has 0 atom stereocenters. The number of benzene rings is 3. The van der Waals surface area contributed by atoms with Crippen LogP contribution in [0.1, 0.15) is 35.6 Å². The molecule has 2 heterocycles. The molecule has 44 heavy (non-hydrogen) atoms. The summed E-state index contributed by atoms with van der Waals surface area (Å²) in [7, 11) is 0. The summed E-state index contributed by atoms with van der Waals surface area (Å²) < 4.78 is 42.6. The number of aliphatic imine (C=N–C) groups is 2. The number of aromatic nitrogens is 3. The fraction of sp³-hybridized carbons (Fsp3) is 0.281. The van der Waals surface area contributed by atoms with Gasteiger partial charge in [-0.3, -0.25) is 0 Å². The normalized spacial score (nSPS) is 15.1. The quantitative estimate of drug-likeness (QED) is 0.204. The second-order valence-electron chi connectivity index (χ2n) is 10.6. The van der Waals surface area contributed by atoms with Crippen LogP contribution in [0.2, 0.25) is 0 Å². The Hall–Kier alpha value is -4.45. The van der Waals surface area contributed by atoms with Crippen LogP contribution in [0, 0.1) is 20.8 Å². The third-order valence-corrected chi connectivity index (χ3v) is 7.93. The smallest absolute Gasteiger partial charge is 0.406 e. The van der Waals surface area contributed by atoms with Gasteiger partial charge in [0.15, 0.2) is 11.0 Å². The summed E-state index contributed by atoms with van der Waals surface area (Å²) in [6.07, 6.45) is -1.79. The average Bonchev–Trinajstić information content (AvgIpc) is 3.44. The summed E-state index contributed by atoms with van der Waals surface area (Å²) >= 11 is 1.58. The number of nitrogens with zero attached hydrogens (tertiary/aromatic N) is 6. The van der Waals surface area contributed by atoms with Gasteiger partial charge in [-0.25, -0.2) is 19.5 Å². The van der Waals surface area contributed by atoms with Crippen LogP contribution >= 0.6 is 11.8 Å². The first-order valence-corrected chi connectivity index (χ1v) is 15.0. The van der Waals surface area contributed by atoms with Crippen LogP contribution in [-0.2, 0) is 6.42 Å². The van der Waals surface area contributed by atoms with Crippen LogP contribution in [0.5, 0.6) is 5.75 Å². The summed E-state index contributed by atoms with van der Waals surface area (Å²) in [5.41, 5.74) is 7.51. The van der Waals surface area contributed by atoms with Crippen molar-refractivity contribution >= 4 is 34.4 Å². The minimum atomic E-state index is -4.75. The number of hydrogen-bond acceptors (Lipinski definition) is 5. The number of amides is 2. The van der Waals surface area contributed by atoms with Crippen molar-refractivity contribution < 1.29 is 22.7 Å². The first-order chi connectivity index (χ1) is 20.9. The lowest BCUT2D eigenvalue weighted by Gasteiger charge is -2.32. The molecule has 0 bridgehead atoms. The van der Waals surface area contributed by atoms with Gasteiger partial charge in [-0.1, -0.05) is 53.7 Å². The van der Waals surface area contributed by atoms with Crippen LogP contribution in [0.4, 0.5) is 23.7 Å². The Kier molecular flexibility index (Phi) is 9.19. The lowest BCUT2D eigenvalue weighted by atomic mass is 10.0. The number of carbonyl (C=O) groups excluding carboxylic acids is 1. The molecule has 1 saturated heterocycles. The van der Waals surface area contributed by atoms with Crippen LogP contribution in [0.25, 0.3) is 17.1 Å². The third kappa shape index (κ3) is 7.73. The van der Waals surface area contributed by atoms with E-state index in [1.54, 1.807) is 18.7 Å². The van der Waals surface area contributed by atoms with Crippen molar-refractivity contribution in [3.05, 3.63) is 89.2 Å². The number of rotatable bonds is 6. The van der Waals surface area contributed by atoms with Gasteiger partial charge in [0.2, 0.25) is 0 Å². The van der Waals surface area contributed by atoms with Crippen LogP contribution in [0.15, 0.2) is 77.0 Å². The maximum Gasteiger partial charge on any atom is 0.573 e. The van der Waals surface area contributed by atoms with Gasteiger partial charge in [0, 0.05) is 35.7 Å². The van der Waals surface area contributed by atoms with E-state index in [4.69, 9.17) is 0 Å². The van der Waals surface area contributed by atoms with E-state index in [0.717, 1.165) is 46.7 Å². The molecule has 1 aliphatic rings. The number of hydrogen-bond donors (Lipinski definition) is 0. The van der Waals surface area contributed by atoms with Crippen molar-refractivity contribution in [2.75, 3.05) is 17.2 Å². The Balaban J connectivity index is 1.24. The minimum Gasteiger partial charge on any atom is -0.406 e. The number of thioether (sulfide) groups is 1. The minimum absolute atomic E-state index is 0.313. The number of alkyl halides is 3. The average molecular weight is 621 g/mol. The number of aryl methyl sites for hydroxylation is 3. The number of carbonyl (C=O) groups is 1. The number of amidine groups is 1. The highest BCUT2D eigenvalue weighted by Gasteiger charge is 2.31. The summed E-state index contributed by atoms with van der Waals surface area (Å²) in [6.45, 7) is 8.86. The lowest BCUT2D eigenvalue weighted by molar-refractivity contribution is -0.274. The molecule has 5 rings (SSSR count). The zero-order chi connectivity index (χ0) is 31.4. The van der Waals surface area contributed by atoms with E-state index >= 15 is 0 Å². The highest BCUT2D eigenvalue weighted by atomic mass is 32.2. The van der Waals surface area contributed by atoms with E-state index < -0.39 is 12.4 Å². The highest BCUT2D eigenvalue weighted by Crippen LogP contribution is 2.32. The third-order valence-electron chi connectivity index (χ3n) is 6.87. The molecule has 0 radical (unpaired) electrons. The van der Waals surface area contributed by atoms with Gasteiger partial charge in [0.1, 0.15) is 12.1 Å². The Labute approximate surface area is 257 Å². The van der Waals surface area contributed by atoms with E-state index in [1.165, 1.54) is 40.8 Å². The van der Waals surface area contributed by atoms with Gasteiger partial charge in [0.25, 0.3) is 0 Å². The summed E-state index contributed by atoms with van der Waals surface area (Å²) in [5.74, 6) is 1.04. The maximum absolute atomic E-state index is 12.9. The van der Waals surface area contributed by atoms with Crippen LogP contribution in [0.3, 0.4) is 0 Å². The van der Waals surface area contributed by atoms with E-state index in [1.807, 2.05) is 24.3 Å². The fourth-order valence-electron chi connectivity index (χ4n) is 5.15. The molecule has 0 N–H and O–H groups in total. The van der Waals surface area contributed by atoms with Gasteiger partial charge in [0.05, 0.1) is 5.69 Å². The second kappa shape index (κ2) is 13.0. The first kappa shape index (κ1) is 31.0. The molecule has 4 aromatic rings. The summed E-state index contributed by atoms with van der Waals surface area (Å²) in [6, 6.07) is 16.7. The lowest BCUT2D eigenvalue weighted by Crippen LogP contribution is -2.35. The molecule has 0 aliphatic carbocycles. The SMILES string of the molecule is CC(Cc1ccc(-c2ncn(-c3ccc(OC(F)(F)F)cc3)n2)cc1)=NC(=O)N=C1SCCCN1c1c(C)cc(C)cc1C. The molecule has 2 amide bonds. The maximum atomic E-state index is 12.9. The van der Waals surface area contributed by atoms with Gasteiger partial charge in [-0.2, -0.15) is 4.99 Å². The standard InChI is InChI=1S/C32H31F3N6O2S/c1-20-16-21(2)28(22(3)17-20)40-14-5-15-44-31(40)38-30(42)37-23(4)18-24-6-8-25(9-7-24)29-36-19-41(39-29)26-10-12-27(13-11-26)43-32(33,34)35/h6-13,16-17,19H,5,14-15,18H2,1-4H3. The van der Waals surface area contributed by atoms with Crippen molar-refractivity contribution in [3.63, 3.8) is 0 Å². The number of anilines is 1. The molecule has 1 fully saturated rings. The van der Waals surface area contributed by atoms with Crippen LogP contribution in [-0.4, -0.2) is 50.3 Å². The monoisotopic (exact) mass is 620 g/mol. The van der Waals surface area contributed by atoms with Crippen molar-refractivity contribution in [1.29, 1.82) is 0 Å².